The second-order valence-electron chi connectivity index (χ2n) is 5.76. The maximum atomic E-state index is 13.2. The summed E-state index contributed by atoms with van der Waals surface area (Å²) >= 11 is 0. The molecule has 3 rings (SSSR count). The van der Waals surface area contributed by atoms with Crippen molar-refractivity contribution in [2.45, 2.75) is 11.1 Å². The smallest absolute Gasteiger partial charge is 0.329 e. The molecule has 2 aromatic carbocycles. The lowest BCUT2D eigenvalue weighted by molar-refractivity contribution is -0.159. The predicted molar refractivity (Wildman–Crippen MR) is 87.5 cm³/mol. The number of carbonyl (C=O) groups is 1. The molecule has 0 amide bonds. The Balaban J connectivity index is 1.78. The van der Waals surface area contributed by atoms with Crippen molar-refractivity contribution < 1.29 is 39.7 Å². The average Bonchev–Trinajstić information content (AvgIpc) is 3.14. The van der Waals surface area contributed by atoms with Crippen LogP contribution in [0.2, 0.25) is 0 Å². The molecule has 12 heteroatoms. The molecule has 0 aliphatic heterocycles. The number of hydrogen-bond donors (Lipinski definition) is 0. The van der Waals surface area contributed by atoms with Gasteiger partial charge in [0.25, 0.3) is 0 Å². The number of Topliss-reactive ketones (excluding diaryl/α,β-unsaturated/α-hetero) is 1. The molecule has 0 radical (unpaired) electrons. The summed E-state index contributed by atoms with van der Waals surface area (Å²) in [5.41, 5.74) is 0.0312. The Kier molecular flexibility index (Phi) is 5.22. The van der Waals surface area contributed by atoms with Gasteiger partial charge in [-0.1, -0.05) is 29.4 Å². The first-order chi connectivity index (χ1) is 13.5. The number of hydrogen-bond acceptors (Lipinski definition) is 6. The standard InChI is InChI=1S/C17H9F5N2O4S/c18-12-6-5-11(7-13(12)19)29(26,27)8-14(25)9-1-3-10(4-2-9)15-23-16(28-24-15)17(20,21)22/h1-7H,8H2. The lowest BCUT2D eigenvalue weighted by Gasteiger charge is -2.05. The fourth-order valence-electron chi connectivity index (χ4n) is 2.27. The first kappa shape index (κ1) is 20.6. The van der Waals surface area contributed by atoms with E-state index in [1.54, 1.807) is 0 Å². The van der Waals surface area contributed by atoms with Crippen LogP contribution >= 0.6 is 0 Å². The second kappa shape index (κ2) is 7.35. The maximum Gasteiger partial charge on any atom is 0.471 e. The summed E-state index contributed by atoms with van der Waals surface area (Å²) in [5, 5.41) is 3.19. The summed E-state index contributed by atoms with van der Waals surface area (Å²) in [6, 6.07) is 6.69. The predicted octanol–water partition coefficient (Wildman–Crippen LogP) is 3.69. The van der Waals surface area contributed by atoms with Crippen LogP contribution in [0.15, 0.2) is 51.9 Å². The molecule has 0 unspecified atom stereocenters. The number of sulfone groups is 1. The third kappa shape index (κ3) is 4.47. The van der Waals surface area contributed by atoms with Gasteiger partial charge < -0.3 is 4.52 Å². The van der Waals surface area contributed by atoms with Gasteiger partial charge in [0.1, 0.15) is 5.75 Å². The molecule has 0 saturated heterocycles. The number of rotatable bonds is 5. The van der Waals surface area contributed by atoms with Crippen molar-refractivity contribution >= 4 is 15.6 Å². The van der Waals surface area contributed by atoms with Crippen molar-refractivity contribution in [1.82, 2.24) is 10.1 Å². The zero-order valence-corrected chi connectivity index (χ0v) is 14.9. The van der Waals surface area contributed by atoms with Gasteiger partial charge >= 0.3 is 12.1 Å². The van der Waals surface area contributed by atoms with Crippen LogP contribution in [-0.4, -0.2) is 30.1 Å². The summed E-state index contributed by atoms with van der Waals surface area (Å²) in [7, 11) is -4.24. The number of ketones is 1. The third-order valence-electron chi connectivity index (χ3n) is 3.70. The first-order valence-corrected chi connectivity index (χ1v) is 9.35. The second-order valence-corrected chi connectivity index (χ2v) is 7.75. The summed E-state index contributed by atoms with van der Waals surface area (Å²) in [5.74, 6) is -6.39. The lowest BCUT2D eigenvalue weighted by Crippen LogP contribution is -2.16. The Labute approximate surface area is 159 Å². The fourth-order valence-corrected chi connectivity index (χ4v) is 3.51. The van der Waals surface area contributed by atoms with Crippen LogP contribution in [0.4, 0.5) is 22.0 Å². The highest BCUT2D eigenvalue weighted by molar-refractivity contribution is 7.92. The Morgan fingerprint density at radius 3 is 2.21 bits per heavy atom. The zero-order valence-electron chi connectivity index (χ0n) is 14.1. The number of halogens is 5. The normalized spacial score (nSPS) is 12.2. The number of benzene rings is 2. The third-order valence-corrected chi connectivity index (χ3v) is 5.32. The highest BCUT2D eigenvalue weighted by Gasteiger charge is 2.38. The highest BCUT2D eigenvalue weighted by atomic mass is 32.2. The molecule has 152 valence electrons. The van der Waals surface area contributed by atoms with Gasteiger partial charge in [0.2, 0.25) is 5.82 Å². The fraction of sp³-hybridized carbons (Fsp3) is 0.118. The van der Waals surface area contributed by atoms with Gasteiger partial charge in [-0.25, -0.2) is 17.2 Å². The summed E-state index contributed by atoms with van der Waals surface area (Å²) in [4.78, 5) is 14.9. The maximum absolute atomic E-state index is 13.2. The van der Waals surface area contributed by atoms with Gasteiger partial charge in [-0.2, -0.15) is 18.2 Å². The lowest BCUT2D eigenvalue weighted by atomic mass is 10.1. The van der Waals surface area contributed by atoms with Crippen molar-refractivity contribution in [3.63, 3.8) is 0 Å². The molecule has 0 spiro atoms. The Hall–Kier alpha value is -3.15. The van der Waals surface area contributed by atoms with E-state index in [1.807, 2.05) is 0 Å². The van der Waals surface area contributed by atoms with Gasteiger partial charge in [0.05, 0.1) is 4.90 Å². The number of alkyl halides is 3. The molecule has 0 bridgehead atoms. The van der Waals surface area contributed by atoms with Crippen LogP contribution < -0.4 is 0 Å². The van der Waals surface area contributed by atoms with E-state index < -0.39 is 50.0 Å². The van der Waals surface area contributed by atoms with E-state index in [0.29, 0.717) is 12.1 Å². The highest BCUT2D eigenvalue weighted by Crippen LogP contribution is 2.29. The van der Waals surface area contributed by atoms with Crippen molar-refractivity contribution in [3.8, 4) is 11.4 Å². The first-order valence-electron chi connectivity index (χ1n) is 7.70. The summed E-state index contributed by atoms with van der Waals surface area (Å²) in [6.45, 7) is 0. The van der Waals surface area contributed by atoms with E-state index in [0.717, 1.165) is 6.07 Å². The molecule has 0 saturated carbocycles. The van der Waals surface area contributed by atoms with E-state index in [-0.39, 0.29) is 17.0 Å². The molecule has 3 aromatic rings. The van der Waals surface area contributed by atoms with Gasteiger partial charge in [-0.05, 0) is 18.2 Å². The van der Waals surface area contributed by atoms with Crippen LogP contribution in [-0.2, 0) is 16.0 Å². The van der Waals surface area contributed by atoms with Gasteiger partial charge in [0, 0.05) is 11.1 Å². The summed E-state index contributed by atoms with van der Waals surface area (Å²) < 4.78 is 92.2. The van der Waals surface area contributed by atoms with Gasteiger partial charge in [-0.3, -0.25) is 4.79 Å². The number of nitrogens with zero attached hydrogens (tertiary/aromatic N) is 2. The molecular formula is C17H9F5N2O4S. The Bertz CT molecular complexity index is 1170. The number of aromatic nitrogens is 2. The largest absolute Gasteiger partial charge is 0.471 e. The average molecular weight is 432 g/mol. The molecule has 0 aliphatic carbocycles. The van der Waals surface area contributed by atoms with Gasteiger partial charge in [0.15, 0.2) is 27.3 Å². The van der Waals surface area contributed by atoms with Crippen LogP contribution in [0.3, 0.4) is 0 Å². The monoisotopic (exact) mass is 432 g/mol. The molecule has 6 nitrogen and oxygen atoms in total. The molecule has 1 aromatic heterocycles. The minimum atomic E-state index is -4.81. The molecule has 0 N–H and O–H groups in total. The summed E-state index contributed by atoms with van der Waals surface area (Å²) in [6.07, 6.45) is -4.81. The molecule has 0 aliphatic rings. The molecule has 29 heavy (non-hydrogen) atoms. The van der Waals surface area contributed by atoms with E-state index in [1.165, 1.54) is 24.3 Å². The van der Waals surface area contributed by atoms with E-state index >= 15 is 0 Å². The van der Waals surface area contributed by atoms with Crippen LogP contribution in [0.5, 0.6) is 0 Å². The van der Waals surface area contributed by atoms with Crippen molar-refractivity contribution in [1.29, 1.82) is 0 Å². The van der Waals surface area contributed by atoms with Gasteiger partial charge in [-0.15, -0.1) is 0 Å². The minimum Gasteiger partial charge on any atom is -0.329 e. The Morgan fingerprint density at radius 1 is 1.00 bits per heavy atom. The molecular weight excluding hydrogens is 423 g/mol. The van der Waals surface area contributed by atoms with E-state index in [9.17, 15) is 35.2 Å². The van der Waals surface area contributed by atoms with E-state index in [2.05, 4.69) is 14.7 Å². The van der Waals surface area contributed by atoms with Crippen LogP contribution in [0.1, 0.15) is 16.2 Å². The van der Waals surface area contributed by atoms with Crippen LogP contribution in [0.25, 0.3) is 11.4 Å². The molecule has 0 atom stereocenters. The van der Waals surface area contributed by atoms with Crippen LogP contribution in [0, 0.1) is 11.6 Å². The Morgan fingerprint density at radius 2 is 1.66 bits per heavy atom. The van der Waals surface area contributed by atoms with E-state index in [4.69, 9.17) is 0 Å². The topological polar surface area (TPSA) is 90.1 Å². The quantitative estimate of drug-likeness (QED) is 0.347. The minimum absolute atomic E-state index is 0.0700. The van der Waals surface area contributed by atoms with Crippen molar-refractivity contribution in [2.75, 3.05) is 5.75 Å². The zero-order chi connectivity index (χ0) is 21.4. The number of carbonyl (C=O) groups excluding carboxylic acids is 1. The van der Waals surface area contributed by atoms with Crippen molar-refractivity contribution in [3.05, 3.63) is 65.6 Å². The van der Waals surface area contributed by atoms with Crippen molar-refractivity contribution in [2.24, 2.45) is 0 Å². The SMILES string of the molecule is O=C(CS(=O)(=O)c1ccc(F)c(F)c1)c1ccc(-c2noc(C(F)(F)F)n2)cc1. The molecule has 1 heterocycles. The molecule has 0 fully saturated rings.